The Kier molecular flexibility index (Phi) is 20.0. The molecule has 4 fully saturated rings. The van der Waals surface area contributed by atoms with E-state index in [1.165, 1.54) is 37.8 Å². The fourth-order valence-electron chi connectivity index (χ4n) is 14.7. The maximum atomic E-state index is 14.0. The van der Waals surface area contributed by atoms with Crippen molar-refractivity contribution in [3.05, 3.63) is 117 Å². The van der Waals surface area contributed by atoms with E-state index < -0.39 is 30.3 Å². The van der Waals surface area contributed by atoms with Crippen molar-refractivity contribution in [2.24, 2.45) is 17.8 Å². The minimum Gasteiger partial charge on any atom is -0.453 e. The smallest absolute Gasteiger partial charge is 0.407 e. The van der Waals surface area contributed by atoms with Crippen LogP contribution in [-0.4, -0.2) is 151 Å². The zero-order chi connectivity index (χ0) is 65.9. The topological polar surface area (TPSA) is 275 Å². The number of pyridine rings is 1. The number of methoxy groups -OCH3 is 2. The zero-order valence-electron chi connectivity index (χ0n) is 54.7. The fraction of sp³-hybridized carbons (Fsp3) is 0.493. The van der Waals surface area contributed by atoms with Crippen LogP contribution >= 0.6 is 15.9 Å². The molecular weight excluding hydrogens is 1260 g/mol. The number of rotatable bonds is 14. The molecule has 6 aliphatic rings. The van der Waals surface area contributed by atoms with Crippen molar-refractivity contribution in [2.75, 3.05) is 47.1 Å². The molecule has 2 aliphatic carbocycles. The average molecular weight is 1350 g/mol. The molecule has 13 rings (SSSR count). The zero-order valence-corrected chi connectivity index (χ0v) is 56.3. The van der Waals surface area contributed by atoms with E-state index in [2.05, 4.69) is 107 Å². The Hall–Kier alpha value is -8.44. The van der Waals surface area contributed by atoms with Gasteiger partial charge in [-0.25, -0.2) is 29.5 Å². The first kappa shape index (κ1) is 65.6. The van der Waals surface area contributed by atoms with Crippen molar-refractivity contribution in [3.63, 3.8) is 0 Å². The van der Waals surface area contributed by atoms with E-state index in [1.54, 1.807) is 0 Å². The Bertz CT molecular complexity index is 3960. The van der Waals surface area contributed by atoms with Crippen LogP contribution in [0.5, 0.6) is 0 Å². The molecule has 6 N–H and O–H groups in total. The highest BCUT2D eigenvalue weighted by atomic mass is 79.9. The molecule has 8 heterocycles. The standard InChI is InChI=1S/C48H57N9O6.C23H29BrN4O3/c1-27(2)41(55-48(61)62-4)46(59)57-21-7-11-40(57)45-52-37-9-5-8-30-24-31(12-15-34(30)43(37)54-45)35-16-13-32-25-33(14-17-36(32)51-35)38-26-49-44(53-38)39-10-6-20-56(39)47(60)42(50-28(3)58)29-18-22-63-23-19-29;1-13(2)19(27-23(30)31-3)22(29)28-11-5-8-18(28)21-25-17-7-4-6-14-12-15(24)9-10-16(14)20(17)26-21/h12-17,24-27,29,39-42H,5-11,18-23H2,1-4H3,(H,49,53)(H,50,58)(H,52,54)(H,55,61);9-10,12-13,18-19H,4-8,11H2,1-3H3,(H,25,26)(H,27,30)/t39-,40-,41-,42-;18-,19-/m00/s1. The molecule has 6 atom stereocenters. The maximum Gasteiger partial charge on any atom is 0.407 e. The number of nitrogens with zero attached hydrogens (tertiary/aromatic N) is 7. The maximum absolute atomic E-state index is 14.0. The number of benzene rings is 3. The lowest BCUT2D eigenvalue weighted by Gasteiger charge is -2.34. The van der Waals surface area contributed by atoms with Gasteiger partial charge in [-0.3, -0.25) is 19.2 Å². The average Bonchev–Trinajstić information content (AvgIpc) is 1.62. The van der Waals surface area contributed by atoms with Crippen molar-refractivity contribution < 1.29 is 43.0 Å². The largest absolute Gasteiger partial charge is 0.453 e. The molecule has 0 saturated carbocycles. The molecule has 0 radical (unpaired) electrons. The Labute approximate surface area is 556 Å². The third-order valence-corrected chi connectivity index (χ3v) is 20.1. The van der Waals surface area contributed by atoms with E-state index in [0.717, 1.165) is 174 Å². The van der Waals surface area contributed by atoms with Gasteiger partial charge in [0, 0.05) is 83.3 Å². The van der Waals surface area contributed by atoms with E-state index >= 15 is 0 Å². The summed E-state index contributed by atoms with van der Waals surface area (Å²) in [5.74, 6) is 1.82. The number of aromatic amines is 3. The summed E-state index contributed by atoms with van der Waals surface area (Å²) in [7, 11) is 2.61. The number of H-pyrrole nitrogens is 3. The van der Waals surface area contributed by atoms with Gasteiger partial charge in [0.2, 0.25) is 23.6 Å². The number of hydrogen-bond donors (Lipinski definition) is 6. The molecule has 4 aliphatic heterocycles. The summed E-state index contributed by atoms with van der Waals surface area (Å²) in [4.78, 5) is 114. The monoisotopic (exact) mass is 1340 g/mol. The lowest BCUT2D eigenvalue weighted by atomic mass is 9.90. The lowest BCUT2D eigenvalue weighted by molar-refractivity contribution is -0.139. The van der Waals surface area contributed by atoms with Gasteiger partial charge in [0.1, 0.15) is 35.6 Å². The van der Waals surface area contributed by atoms with Gasteiger partial charge < -0.3 is 59.8 Å². The van der Waals surface area contributed by atoms with Crippen LogP contribution in [-0.2, 0) is 59.1 Å². The van der Waals surface area contributed by atoms with Gasteiger partial charge in [-0.2, -0.15) is 0 Å². The second kappa shape index (κ2) is 28.6. The molecule has 0 spiro atoms. The van der Waals surface area contributed by atoms with Gasteiger partial charge in [-0.1, -0.05) is 74.0 Å². The molecule has 22 nitrogen and oxygen atoms in total. The second-order valence-corrected chi connectivity index (χ2v) is 27.4. The van der Waals surface area contributed by atoms with Crippen LogP contribution in [0.2, 0.25) is 0 Å². The third-order valence-electron chi connectivity index (χ3n) is 19.6. The summed E-state index contributed by atoms with van der Waals surface area (Å²) in [6, 6.07) is 20.9. The van der Waals surface area contributed by atoms with Crippen molar-refractivity contribution in [1.82, 2.24) is 65.5 Å². The van der Waals surface area contributed by atoms with Gasteiger partial charge >= 0.3 is 12.2 Å². The van der Waals surface area contributed by atoms with Crippen molar-refractivity contribution in [2.45, 2.75) is 161 Å². The summed E-state index contributed by atoms with van der Waals surface area (Å²) < 4.78 is 16.2. The third kappa shape index (κ3) is 13.9. The number of carbonyl (C=O) groups is 6. The summed E-state index contributed by atoms with van der Waals surface area (Å²) in [6.45, 7) is 12.2. The van der Waals surface area contributed by atoms with E-state index in [9.17, 15) is 28.8 Å². The number of hydrogen-bond acceptors (Lipinski definition) is 13. The number of carbonyl (C=O) groups excluding carboxylic acids is 6. The molecule has 7 aromatic rings. The predicted molar refractivity (Wildman–Crippen MR) is 359 cm³/mol. The Morgan fingerprint density at radius 3 is 1.66 bits per heavy atom. The molecule has 4 saturated heterocycles. The van der Waals surface area contributed by atoms with Crippen LogP contribution in [0, 0.1) is 17.8 Å². The number of ether oxygens (including phenoxy) is 3. The number of aromatic nitrogens is 7. The van der Waals surface area contributed by atoms with Crippen LogP contribution in [0.1, 0.15) is 157 Å². The first-order valence-corrected chi connectivity index (χ1v) is 34.3. The summed E-state index contributed by atoms with van der Waals surface area (Å²) in [6.07, 6.45) is 13.0. The van der Waals surface area contributed by atoms with Gasteiger partial charge in [0.05, 0.1) is 66.8 Å². The number of aryl methyl sites for hydroxylation is 4. The van der Waals surface area contributed by atoms with E-state index in [1.807, 2.05) is 54.7 Å². The summed E-state index contributed by atoms with van der Waals surface area (Å²) in [5, 5.41) is 9.40. The number of imidazole rings is 3. The lowest BCUT2D eigenvalue weighted by Crippen LogP contribution is -2.52. The van der Waals surface area contributed by atoms with Crippen LogP contribution in [0.3, 0.4) is 0 Å². The number of alkyl carbamates (subject to hydrolysis) is 2. The molecule has 23 heteroatoms. The molecule has 0 unspecified atom stereocenters. The highest BCUT2D eigenvalue weighted by Gasteiger charge is 2.42. The number of fused-ring (bicyclic) bond motifs is 7. The highest BCUT2D eigenvalue weighted by molar-refractivity contribution is 9.10. The quantitative estimate of drug-likeness (QED) is 0.0592. The van der Waals surface area contributed by atoms with Crippen molar-refractivity contribution in [1.29, 1.82) is 0 Å². The van der Waals surface area contributed by atoms with Crippen LogP contribution < -0.4 is 16.0 Å². The van der Waals surface area contributed by atoms with E-state index in [4.69, 9.17) is 34.1 Å². The fourth-order valence-corrected chi connectivity index (χ4v) is 15.1. The SMILES string of the molecule is COC(=O)N[C@H](C(=O)N1CCC[C@H]1c1nc2c([nH]1)CCCc1cc(-c3ccc4cc(-c5cnc([C@@H]6CCCN6C(=O)[C@@H](NC(C)=O)C6CCOCC6)[nH]5)ccc4n3)ccc1-2)C(C)C.COC(=O)N[C@H](C(=O)N1CCC[C@H]1c1nc2c([nH]1)CCCc1cc(Br)ccc1-2)C(C)C. The Morgan fingerprint density at radius 2 is 1.11 bits per heavy atom. The summed E-state index contributed by atoms with van der Waals surface area (Å²) >= 11 is 3.57. The number of nitrogens with one attached hydrogen (secondary N) is 6. The second-order valence-electron chi connectivity index (χ2n) is 26.5. The molecule has 0 bridgehead atoms. The van der Waals surface area contributed by atoms with Crippen LogP contribution in [0.25, 0.3) is 55.9 Å². The minimum atomic E-state index is -0.687. The normalized spacial score (nSPS) is 19.6. The number of likely N-dealkylation sites (tertiary alicyclic amines) is 3. The first-order valence-electron chi connectivity index (χ1n) is 33.5. The van der Waals surface area contributed by atoms with Gasteiger partial charge in [0.25, 0.3) is 0 Å². The minimum absolute atomic E-state index is 0.0456. The Balaban J connectivity index is 0.000000229. The van der Waals surface area contributed by atoms with Gasteiger partial charge in [-0.15, -0.1) is 0 Å². The number of amides is 6. The molecule has 4 aromatic heterocycles. The molecular formula is C71H86BrN13O9. The molecule has 3 aromatic carbocycles. The molecule has 6 amide bonds. The van der Waals surface area contributed by atoms with Gasteiger partial charge in [0.15, 0.2) is 0 Å². The van der Waals surface area contributed by atoms with Crippen molar-refractivity contribution in [3.8, 4) is 45.0 Å². The van der Waals surface area contributed by atoms with Gasteiger partial charge in [-0.05, 0) is 155 Å². The van der Waals surface area contributed by atoms with Crippen LogP contribution in [0.4, 0.5) is 9.59 Å². The summed E-state index contributed by atoms with van der Waals surface area (Å²) in [5.41, 5.74) is 13.6. The molecule has 496 valence electrons. The highest BCUT2D eigenvalue weighted by Crippen LogP contribution is 2.41. The predicted octanol–water partition coefficient (Wildman–Crippen LogP) is 11.2. The molecule has 94 heavy (non-hydrogen) atoms. The van der Waals surface area contributed by atoms with Crippen LogP contribution in [0.15, 0.2) is 77.4 Å². The Morgan fingerprint density at radius 1 is 0.574 bits per heavy atom. The van der Waals surface area contributed by atoms with Crippen molar-refractivity contribution >= 4 is 62.6 Å². The van der Waals surface area contributed by atoms with E-state index in [-0.39, 0.29) is 59.5 Å². The van der Waals surface area contributed by atoms with E-state index in [0.29, 0.717) is 32.8 Å². The number of halogens is 1. The first-order chi connectivity index (χ1) is 45.4.